The molecule has 9 heteroatoms. The highest BCUT2D eigenvalue weighted by atomic mass is 16.5. The second-order valence-corrected chi connectivity index (χ2v) is 7.22. The SMILES string of the molecule is COc1ccc(NC(=O)Cn2c(=O)n(Cc3ccccc3OC)c(=O)c3cccnc32)cc1. The molecule has 0 aliphatic heterocycles. The van der Waals surface area contributed by atoms with E-state index in [0.29, 0.717) is 22.7 Å². The number of hydrogen-bond acceptors (Lipinski definition) is 6. The quantitative estimate of drug-likeness (QED) is 0.467. The summed E-state index contributed by atoms with van der Waals surface area (Å²) in [4.78, 5) is 43.4. The number of methoxy groups -OCH3 is 2. The number of benzene rings is 2. The number of amides is 1. The van der Waals surface area contributed by atoms with E-state index < -0.39 is 17.2 Å². The molecule has 0 radical (unpaired) electrons. The van der Waals surface area contributed by atoms with Gasteiger partial charge < -0.3 is 14.8 Å². The van der Waals surface area contributed by atoms with Gasteiger partial charge in [0.2, 0.25) is 5.91 Å². The Balaban J connectivity index is 1.73. The van der Waals surface area contributed by atoms with Gasteiger partial charge in [-0.25, -0.2) is 9.78 Å². The zero-order valence-corrected chi connectivity index (χ0v) is 18.1. The molecule has 0 fully saturated rings. The molecule has 0 saturated heterocycles. The third-order valence-corrected chi connectivity index (χ3v) is 5.18. The molecule has 2 aromatic carbocycles. The molecule has 2 aromatic heterocycles. The van der Waals surface area contributed by atoms with Gasteiger partial charge in [-0.3, -0.25) is 18.7 Å². The Bertz CT molecular complexity index is 1420. The van der Waals surface area contributed by atoms with E-state index in [1.165, 1.54) is 17.9 Å². The number of aromatic nitrogens is 3. The summed E-state index contributed by atoms with van der Waals surface area (Å²) in [6.07, 6.45) is 1.48. The van der Waals surface area contributed by atoms with Crippen LogP contribution in [0.1, 0.15) is 5.56 Å². The highest BCUT2D eigenvalue weighted by Gasteiger charge is 2.17. The highest BCUT2D eigenvalue weighted by molar-refractivity contribution is 5.91. The Kier molecular flexibility index (Phi) is 6.21. The van der Waals surface area contributed by atoms with Gasteiger partial charge in [0, 0.05) is 17.4 Å². The number of carbonyl (C=O) groups is 1. The topological polar surface area (TPSA) is 104 Å². The number of fused-ring (bicyclic) bond motifs is 1. The van der Waals surface area contributed by atoms with Crippen LogP contribution < -0.4 is 26.0 Å². The average Bonchev–Trinajstić information content (AvgIpc) is 2.85. The third-order valence-electron chi connectivity index (χ3n) is 5.18. The molecule has 0 bridgehead atoms. The highest BCUT2D eigenvalue weighted by Crippen LogP contribution is 2.18. The van der Waals surface area contributed by atoms with Crippen LogP contribution in [-0.2, 0) is 17.9 Å². The van der Waals surface area contributed by atoms with Crippen LogP contribution in [0.15, 0.2) is 76.4 Å². The molecule has 9 nitrogen and oxygen atoms in total. The molecular formula is C24H22N4O5. The summed E-state index contributed by atoms with van der Waals surface area (Å²) >= 11 is 0. The van der Waals surface area contributed by atoms with E-state index in [1.807, 2.05) is 0 Å². The number of carbonyl (C=O) groups excluding carboxylic acids is 1. The maximum atomic E-state index is 13.3. The predicted octanol–water partition coefficient (Wildman–Crippen LogP) is 2.26. The number of rotatable bonds is 7. The van der Waals surface area contributed by atoms with Crippen molar-refractivity contribution in [3.05, 3.63) is 93.3 Å². The van der Waals surface area contributed by atoms with Gasteiger partial charge in [0.25, 0.3) is 5.56 Å². The van der Waals surface area contributed by atoms with Gasteiger partial charge in [-0.2, -0.15) is 0 Å². The standard InChI is InChI=1S/C24H22N4O5/c1-32-18-11-9-17(10-12-18)26-21(29)15-27-22-19(7-5-13-25-22)23(30)28(24(27)31)14-16-6-3-4-8-20(16)33-2/h3-13H,14-15H2,1-2H3,(H,26,29). The fraction of sp³-hybridized carbons (Fsp3) is 0.167. The number of ether oxygens (including phenoxy) is 2. The van der Waals surface area contributed by atoms with Gasteiger partial charge in [-0.1, -0.05) is 18.2 Å². The minimum Gasteiger partial charge on any atom is -0.497 e. The van der Waals surface area contributed by atoms with Crippen molar-refractivity contribution in [2.45, 2.75) is 13.1 Å². The van der Waals surface area contributed by atoms with Crippen molar-refractivity contribution in [1.29, 1.82) is 0 Å². The number of hydrogen-bond donors (Lipinski definition) is 1. The number of nitrogens with zero attached hydrogens (tertiary/aromatic N) is 3. The number of para-hydroxylation sites is 1. The summed E-state index contributed by atoms with van der Waals surface area (Å²) in [6, 6.07) is 17.1. The molecule has 0 aliphatic carbocycles. The van der Waals surface area contributed by atoms with Gasteiger partial charge in [0.1, 0.15) is 23.7 Å². The maximum Gasteiger partial charge on any atom is 0.333 e. The van der Waals surface area contributed by atoms with Gasteiger partial charge in [-0.05, 0) is 42.5 Å². The molecular weight excluding hydrogens is 424 g/mol. The molecule has 0 aliphatic rings. The van der Waals surface area contributed by atoms with E-state index in [0.717, 1.165) is 4.57 Å². The second-order valence-electron chi connectivity index (χ2n) is 7.22. The minimum atomic E-state index is -0.637. The predicted molar refractivity (Wildman–Crippen MR) is 124 cm³/mol. The zero-order chi connectivity index (χ0) is 23.4. The Morgan fingerprint density at radius 3 is 2.42 bits per heavy atom. The van der Waals surface area contributed by atoms with Crippen LogP contribution in [0.5, 0.6) is 11.5 Å². The maximum absolute atomic E-state index is 13.3. The van der Waals surface area contributed by atoms with Crippen LogP contribution in [0.3, 0.4) is 0 Å². The van der Waals surface area contributed by atoms with Crippen LogP contribution in [0, 0.1) is 0 Å². The molecule has 168 valence electrons. The van der Waals surface area contributed by atoms with Crippen LogP contribution in [-0.4, -0.2) is 34.2 Å². The van der Waals surface area contributed by atoms with Crippen molar-refractivity contribution in [2.75, 3.05) is 19.5 Å². The third kappa shape index (κ3) is 4.47. The van der Waals surface area contributed by atoms with Gasteiger partial charge in [-0.15, -0.1) is 0 Å². The Hall–Kier alpha value is -4.40. The largest absolute Gasteiger partial charge is 0.497 e. The summed E-state index contributed by atoms with van der Waals surface area (Å²) in [7, 11) is 3.08. The van der Waals surface area contributed by atoms with E-state index >= 15 is 0 Å². The molecule has 0 saturated carbocycles. The van der Waals surface area contributed by atoms with Crippen molar-refractivity contribution >= 4 is 22.6 Å². The van der Waals surface area contributed by atoms with Crippen molar-refractivity contribution in [2.24, 2.45) is 0 Å². The molecule has 1 amide bonds. The van der Waals surface area contributed by atoms with Crippen molar-refractivity contribution in [1.82, 2.24) is 14.1 Å². The van der Waals surface area contributed by atoms with Crippen molar-refractivity contribution in [3.63, 3.8) is 0 Å². The lowest BCUT2D eigenvalue weighted by Crippen LogP contribution is -2.42. The fourth-order valence-electron chi connectivity index (χ4n) is 3.55. The van der Waals surface area contributed by atoms with Crippen LogP contribution in [0.2, 0.25) is 0 Å². The summed E-state index contributed by atoms with van der Waals surface area (Å²) < 4.78 is 12.8. The zero-order valence-electron chi connectivity index (χ0n) is 18.1. The van der Waals surface area contributed by atoms with Crippen LogP contribution >= 0.6 is 0 Å². The van der Waals surface area contributed by atoms with Gasteiger partial charge >= 0.3 is 5.69 Å². The summed E-state index contributed by atoms with van der Waals surface area (Å²) in [5, 5.41) is 2.99. The van der Waals surface area contributed by atoms with E-state index in [1.54, 1.807) is 67.8 Å². The fourth-order valence-corrected chi connectivity index (χ4v) is 3.55. The first-order valence-corrected chi connectivity index (χ1v) is 10.2. The van der Waals surface area contributed by atoms with Gasteiger partial charge in [0.15, 0.2) is 0 Å². The Labute approximate surface area is 188 Å². The van der Waals surface area contributed by atoms with Crippen LogP contribution in [0.25, 0.3) is 11.0 Å². The first-order valence-electron chi connectivity index (χ1n) is 10.2. The molecule has 4 aromatic rings. The number of anilines is 1. The first-order chi connectivity index (χ1) is 16.0. The monoisotopic (exact) mass is 446 g/mol. The molecule has 2 heterocycles. The lowest BCUT2D eigenvalue weighted by Gasteiger charge is -2.14. The van der Waals surface area contributed by atoms with E-state index in [9.17, 15) is 14.4 Å². The Morgan fingerprint density at radius 1 is 0.939 bits per heavy atom. The lowest BCUT2D eigenvalue weighted by atomic mass is 10.2. The summed E-state index contributed by atoms with van der Waals surface area (Å²) in [6.45, 7) is -0.322. The average molecular weight is 446 g/mol. The molecule has 0 unspecified atom stereocenters. The molecule has 0 spiro atoms. The van der Waals surface area contributed by atoms with E-state index in [2.05, 4.69) is 10.3 Å². The number of pyridine rings is 1. The summed E-state index contributed by atoms with van der Waals surface area (Å²) in [5.74, 6) is 0.776. The molecule has 4 rings (SSSR count). The molecule has 33 heavy (non-hydrogen) atoms. The van der Waals surface area contributed by atoms with Crippen molar-refractivity contribution in [3.8, 4) is 11.5 Å². The molecule has 1 N–H and O–H groups in total. The summed E-state index contributed by atoms with van der Waals surface area (Å²) in [5.41, 5.74) is 0.238. The van der Waals surface area contributed by atoms with E-state index in [4.69, 9.17) is 9.47 Å². The lowest BCUT2D eigenvalue weighted by molar-refractivity contribution is -0.116. The van der Waals surface area contributed by atoms with Crippen molar-refractivity contribution < 1.29 is 14.3 Å². The Morgan fingerprint density at radius 2 is 1.70 bits per heavy atom. The molecule has 0 atom stereocenters. The smallest absolute Gasteiger partial charge is 0.333 e. The second kappa shape index (κ2) is 9.39. The minimum absolute atomic E-state index is 0.00733. The number of nitrogens with one attached hydrogen (secondary N) is 1. The van der Waals surface area contributed by atoms with E-state index in [-0.39, 0.29) is 24.1 Å². The van der Waals surface area contributed by atoms with Gasteiger partial charge in [0.05, 0.1) is 26.2 Å². The van der Waals surface area contributed by atoms with Crippen LogP contribution in [0.4, 0.5) is 5.69 Å². The first kappa shape index (κ1) is 21.8. The normalized spacial score (nSPS) is 10.7.